The van der Waals surface area contributed by atoms with Crippen LogP contribution in [0.4, 0.5) is 0 Å². The maximum absolute atomic E-state index is 12.6. The number of aromatic nitrogens is 2. The van der Waals surface area contributed by atoms with Crippen molar-refractivity contribution in [3.63, 3.8) is 0 Å². The summed E-state index contributed by atoms with van der Waals surface area (Å²) in [5.74, 6) is -1.46. The second-order valence-electron chi connectivity index (χ2n) is 5.47. The number of aryl methyl sites for hydroxylation is 1. The third-order valence-electron chi connectivity index (χ3n) is 3.68. The summed E-state index contributed by atoms with van der Waals surface area (Å²) in [6.07, 6.45) is 4.48. The van der Waals surface area contributed by atoms with Crippen molar-refractivity contribution in [1.82, 2.24) is 9.97 Å². The molecule has 8 heteroatoms. The summed E-state index contributed by atoms with van der Waals surface area (Å²) in [4.78, 5) is 31.8. The first-order chi connectivity index (χ1) is 12.5. The van der Waals surface area contributed by atoms with Crippen molar-refractivity contribution in [3.8, 4) is 17.1 Å². The van der Waals surface area contributed by atoms with Crippen LogP contribution in [0.25, 0.3) is 22.0 Å². The normalized spacial score (nSPS) is 10.7. The number of nitrogens with zero attached hydrogens (tertiary/aromatic N) is 2. The van der Waals surface area contributed by atoms with Gasteiger partial charge in [0.25, 0.3) is 5.95 Å². The third-order valence-corrected chi connectivity index (χ3v) is 3.68. The van der Waals surface area contributed by atoms with Crippen molar-refractivity contribution < 1.29 is 28.6 Å². The van der Waals surface area contributed by atoms with E-state index >= 15 is 0 Å². The first kappa shape index (κ1) is 17.4. The minimum atomic E-state index is -0.650. The molecule has 0 fully saturated rings. The van der Waals surface area contributed by atoms with Gasteiger partial charge in [-0.1, -0.05) is 6.07 Å². The van der Waals surface area contributed by atoms with Crippen LogP contribution in [0, 0.1) is 6.92 Å². The fourth-order valence-electron chi connectivity index (χ4n) is 2.64. The molecule has 0 aliphatic rings. The van der Waals surface area contributed by atoms with Crippen LogP contribution in [0.5, 0.6) is 5.95 Å². The summed E-state index contributed by atoms with van der Waals surface area (Å²) < 4.78 is 15.0. The Kier molecular flexibility index (Phi) is 4.83. The molecule has 0 saturated carbocycles. The van der Waals surface area contributed by atoms with E-state index in [9.17, 15) is 14.7 Å². The first-order valence-electron chi connectivity index (χ1n) is 7.80. The lowest BCUT2D eigenvalue weighted by molar-refractivity contribution is -0.142. The van der Waals surface area contributed by atoms with Gasteiger partial charge >= 0.3 is 11.9 Å². The number of rotatable bonds is 5. The summed E-state index contributed by atoms with van der Waals surface area (Å²) in [5.41, 5.74) is 2.03. The zero-order valence-corrected chi connectivity index (χ0v) is 14.2. The molecule has 3 aromatic heterocycles. The molecule has 0 radical (unpaired) electrons. The molecule has 0 spiro atoms. The van der Waals surface area contributed by atoms with Crippen molar-refractivity contribution in [2.45, 2.75) is 13.8 Å². The highest BCUT2D eigenvalue weighted by Crippen LogP contribution is 2.38. The van der Waals surface area contributed by atoms with Gasteiger partial charge in [-0.25, -0.2) is 9.78 Å². The number of fused-ring (bicyclic) bond motifs is 1. The molecule has 0 aromatic carbocycles. The van der Waals surface area contributed by atoms with Gasteiger partial charge in [0.15, 0.2) is 0 Å². The number of ether oxygens (including phenoxy) is 2. The SMILES string of the molecule is CC(=O)OCCOC(=O)c1c(C)nc2coc(O)c2c1-c1cccnc1. The summed E-state index contributed by atoms with van der Waals surface area (Å²) in [6.45, 7) is 2.78. The molecule has 0 atom stereocenters. The van der Waals surface area contributed by atoms with Gasteiger partial charge in [0.05, 0.1) is 16.6 Å². The molecule has 0 bridgehead atoms. The van der Waals surface area contributed by atoms with Crippen molar-refractivity contribution in [2.24, 2.45) is 0 Å². The lowest BCUT2D eigenvalue weighted by Crippen LogP contribution is -2.15. The van der Waals surface area contributed by atoms with E-state index in [-0.39, 0.29) is 24.7 Å². The molecule has 3 heterocycles. The maximum Gasteiger partial charge on any atom is 0.340 e. The summed E-state index contributed by atoms with van der Waals surface area (Å²) in [6, 6.07) is 3.47. The average molecular weight is 356 g/mol. The average Bonchev–Trinajstić information content (AvgIpc) is 2.98. The molecule has 3 rings (SSSR count). The monoisotopic (exact) mass is 356 g/mol. The Bertz CT molecular complexity index is 965. The molecule has 0 aliphatic heterocycles. The first-order valence-corrected chi connectivity index (χ1v) is 7.80. The topological polar surface area (TPSA) is 112 Å². The van der Waals surface area contributed by atoms with Gasteiger partial charge in [-0.2, -0.15) is 0 Å². The van der Waals surface area contributed by atoms with Gasteiger partial charge in [0, 0.05) is 30.4 Å². The van der Waals surface area contributed by atoms with Crippen LogP contribution < -0.4 is 0 Å². The highest BCUT2D eigenvalue weighted by atomic mass is 16.6. The Morgan fingerprint density at radius 3 is 2.73 bits per heavy atom. The highest BCUT2D eigenvalue weighted by Gasteiger charge is 2.25. The number of furan rings is 1. The van der Waals surface area contributed by atoms with E-state index in [4.69, 9.17) is 13.9 Å². The predicted molar refractivity (Wildman–Crippen MR) is 90.6 cm³/mol. The number of carbonyl (C=O) groups is 2. The summed E-state index contributed by atoms with van der Waals surface area (Å²) in [5, 5.41) is 10.4. The zero-order valence-electron chi connectivity index (χ0n) is 14.2. The fraction of sp³-hybridized carbons (Fsp3) is 0.222. The Labute approximate surface area is 148 Å². The van der Waals surface area contributed by atoms with Crippen LogP contribution in [0.15, 0.2) is 35.2 Å². The van der Waals surface area contributed by atoms with Crippen LogP contribution in [-0.4, -0.2) is 40.2 Å². The number of hydrogen-bond donors (Lipinski definition) is 1. The Morgan fingerprint density at radius 2 is 2.04 bits per heavy atom. The minimum Gasteiger partial charge on any atom is -0.480 e. The molecule has 0 unspecified atom stereocenters. The number of esters is 2. The fourth-order valence-corrected chi connectivity index (χ4v) is 2.64. The van der Waals surface area contributed by atoms with Crippen LogP contribution in [-0.2, 0) is 14.3 Å². The highest BCUT2D eigenvalue weighted by molar-refractivity contribution is 6.09. The molecular weight excluding hydrogens is 340 g/mol. The summed E-state index contributed by atoms with van der Waals surface area (Å²) >= 11 is 0. The van der Waals surface area contributed by atoms with Crippen LogP contribution in [0.1, 0.15) is 23.0 Å². The van der Waals surface area contributed by atoms with Crippen molar-refractivity contribution in [2.75, 3.05) is 13.2 Å². The van der Waals surface area contributed by atoms with Crippen molar-refractivity contribution >= 4 is 22.8 Å². The molecule has 0 aliphatic carbocycles. The number of hydrogen-bond acceptors (Lipinski definition) is 8. The van der Waals surface area contributed by atoms with E-state index in [1.165, 1.54) is 13.2 Å². The lowest BCUT2D eigenvalue weighted by atomic mass is 9.97. The Hall–Kier alpha value is -3.42. The number of pyridine rings is 2. The molecule has 0 saturated heterocycles. The molecule has 26 heavy (non-hydrogen) atoms. The predicted octanol–water partition coefficient (Wildman–Crippen LogP) is 2.62. The number of aromatic hydroxyl groups is 1. The quantitative estimate of drug-likeness (QED) is 0.548. The van der Waals surface area contributed by atoms with Crippen molar-refractivity contribution in [3.05, 3.63) is 42.0 Å². The van der Waals surface area contributed by atoms with Crippen LogP contribution in [0.3, 0.4) is 0 Å². The number of carbonyl (C=O) groups excluding carboxylic acids is 2. The third kappa shape index (κ3) is 3.34. The van der Waals surface area contributed by atoms with E-state index in [1.807, 2.05) is 0 Å². The van der Waals surface area contributed by atoms with Gasteiger partial charge in [-0.05, 0) is 13.0 Å². The largest absolute Gasteiger partial charge is 0.480 e. The maximum atomic E-state index is 12.6. The second-order valence-corrected chi connectivity index (χ2v) is 5.47. The van der Waals surface area contributed by atoms with Crippen LogP contribution in [0.2, 0.25) is 0 Å². The lowest BCUT2D eigenvalue weighted by Gasteiger charge is -2.13. The van der Waals surface area contributed by atoms with Crippen LogP contribution >= 0.6 is 0 Å². The second kappa shape index (κ2) is 7.22. The van der Waals surface area contributed by atoms with E-state index in [0.29, 0.717) is 27.7 Å². The molecule has 8 nitrogen and oxygen atoms in total. The standard InChI is InChI=1S/C18H16N2O6/c1-10-14(17(22)25-7-6-24-11(2)21)15(12-4-3-5-19-8-12)16-13(20-10)9-26-18(16)23/h3-5,8-9,23H,6-7H2,1-2H3. The van der Waals surface area contributed by atoms with E-state index < -0.39 is 11.9 Å². The van der Waals surface area contributed by atoms with Crippen molar-refractivity contribution in [1.29, 1.82) is 0 Å². The van der Waals surface area contributed by atoms with E-state index in [1.54, 1.807) is 31.5 Å². The zero-order chi connectivity index (χ0) is 18.7. The van der Waals surface area contributed by atoms with Gasteiger partial charge in [-0.3, -0.25) is 9.78 Å². The summed E-state index contributed by atoms with van der Waals surface area (Å²) in [7, 11) is 0. The van der Waals surface area contributed by atoms with Gasteiger partial charge in [0.2, 0.25) is 0 Å². The Morgan fingerprint density at radius 1 is 1.27 bits per heavy atom. The molecule has 1 N–H and O–H groups in total. The molecule has 3 aromatic rings. The van der Waals surface area contributed by atoms with E-state index in [0.717, 1.165) is 0 Å². The van der Waals surface area contributed by atoms with Gasteiger partial charge in [0.1, 0.15) is 25.0 Å². The van der Waals surface area contributed by atoms with E-state index in [2.05, 4.69) is 9.97 Å². The molecule has 134 valence electrons. The minimum absolute atomic E-state index is 0.0466. The van der Waals surface area contributed by atoms with Gasteiger partial charge in [-0.15, -0.1) is 0 Å². The Balaban J connectivity index is 2.06. The van der Waals surface area contributed by atoms with Gasteiger partial charge < -0.3 is 19.0 Å². The molecular formula is C18H16N2O6. The molecule has 0 amide bonds. The smallest absolute Gasteiger partial charge is 0.340 e.